The van der Waals surface area contributed by atoms with Crippen LogP contribution in [0.1, 0.15) is 26.3 Å². The van der Waals surface area contributed by atoms with Crippen LogP contribution < -0.4 is 5.73 Å². The van der Waals surface area contributed by atoms with Crippen LogP contribution in [0.15, 0.2) is 41.5 Å². The van der Waals surface area contributed by atoms with Crippen LogP contribution in [-0.2, 0) is 11.3 Å². The molecule has 7 nitrogen and oxygen atoms in total. The highest BCUT2D eigenvalue weighted by molar-refractivity contribution is 14.0. The van der Waals surface area contributed by atoms with Crippen LogP contribution in [-0.4, -0.2) is 58.6 Å². The van der Waals surface area contributed by atoms with E-state index in [1.54, 1.807) is 11.1 Å². The zero-order valence-corrected chi connectivity index (χ0v) is 18.9. The van der Waals surface area contributed by atoms with E-state index in [0.29, 0.717) is 38.7 Å². The van der Waals surface area contributed by atoms with Crippen molar-refractivity contribution in [1.82, 2.24) is 14.8 Å². The summed E-state index contributed by atoms with van der Waals surface area (Å²) >= 11 is 0. The molecule has 1 amide bonds. The monoisotopic (exact) mass is 497 g/mol. The van der Waals surface area contributed by atoms with Crippen molar-refractivity contribution in [3.63, 3.8) is 0 Å². The summed E-state index contributed by atoms with van der Waals surface area (Å²) in [4.78, 5) is 24.8. The third-order valence-corrected chi connectivity index (χ3v) is 4.41. The first kappa shape index (κ1) is 22.2. The molecule has 1 fully saturated rings. The highest BCUT2D eigenvalue weighted by Crippen LogP contribution is 2.17. The number of hydrogen-bond acceptors (Lipinski definition) is 4. The van der Waals surface area contributed by atoms with Gasteiger partial charge in [0.05, 0.1) is 12.1 Å². The van der Waals surface area contributed by atoms with Crippen molar-refractivity contribution in [3.05, 3.63) is 42.1 Å². The van der Waals surface area contributed by atoms with E-state index in [-0.39, 0.29) is 30.1 Å². The molecule has 1 saturated heterocycles. The molecule has 2 N–H and O–H groups in total. The average molecular weight is 497 g/mol. The number of benzene rings is 1. The Hall–Kier alpha value is -2.10. The van der Waals surface area contributed by atoms with Crippen LogP contribution in [0.25, 0.3) is 10.9 Å². The van der Waals surface area contributed by atoms with Gasteiger partial charge in [-0.05, 0) is 38.5 Å². The van der Waals surface area contributed by atoms with Gasteiger partial charge in [0.1, 0.15) is 5.60 Å². The van der Waals surface area contributed by atoms with Crippen molar-refractivity contribution in [2.24, 2.45) is 10.7 Å². The number of carbonyl (C=O) groups is 1. The summed E-state index contributed by atoms with van der Waals surface area (Å²) < 4.78 is 5.42. The molecular formula is C20H28IN5O2. The van der Waals surface area contributed by atoms with Crippen molar-refractivity contribution in [2.45, 2.75) is 32.9 Å². The van der Waals surface area contributed by atoms with Gasteiger partial charge in [0.2, 0.25) is 0 Å². The van der Waals surface area contributed by atoms with Gasteiger partial charge in [-0.2, -0.15) is 0 Å². The lowest BCUT2D eigenvalue weighted by Crippen LogP contribution is -2.53. The Morgan fingerprint density at radius 3 is 2.46 bits per heavy atom. The molecular weight excluding hydrogens is 469 g/mol. The minimum absolute atomic E-state index is 0. The third-order valence-electron chi connectivity index (χ3n) is 4.41. The quantitative estimate of drug-likeness (QED) is 0.392. The lowest BCUT2D eigenvalue weighted by atomic mass is 10.1. The van der Waals surface area contributed by atoms with E-state index in [1.807, 2.05) is 56.0 Å². The molecule has 1 aliphatic rings. The normalized spacial score (nSPS) is 15.3. The first-order chi connectivity index (χ1) is 12.8. The Kier molecular flexibility index (Phi) is 7.45. The molecule has 1 aromatic carbocycles. The molecule has 1 aliphatic heterocycles. The van der Waals surface area contributed by atoms with E-state index in [1.165, 1.54) is 0 Å². The van der Waals surface area contributed by atoms with E-state index in [9.17, 15) is 4.79 Å². The number of piperazine rings is 1. The van der Waals surface area contributed by atoms with E-state index >= 15 is 0 Å². The number of guanidine groups is 1. The van der Waals surface area contributed by atoms with E-state index in [0.717, 1.165) is 16.5 Å². The number of nitrogens with zero attached hydrogens (tertiary/aromatic N) is 4. The maximum atomic E-state index is 12.1. The molecule has 28 heavy (non-hydrogen) atoms. The number of aliphatic imine (C=N–C) groups is 1. The summed E-state index contributed by atoms with van der Waals surface area (Å²) in [6.45, 7) is 8.54. The number of rotatable bonds is 2. The number of nitrogens with two attached hydrogens (primary N) is 1. The molecule has 0 radical (unpaired) electrons. The number of hydrogen-bond donors (Lipinski definition) is 1. The van der Waals surface area contributed by atoms with Crippen LogP contribution in [0.4, 0.5) is 4.79 Å². The van der Waals surface area contributed by atoms with Gasteiger partial charge in [-0.25, -0.2) is 9.79 Å². The third kappa shape index (κ3) is 5.70. The number of ether oxygens (including phenoxy) is 1. The second kappa shape index (κ2) is 9.40. The average Bonchev–Trinajstić information content (AvgIpc) is 2.65. The molecule has 0 spiro atoms. The van der Waals surface area contributed by atoms with Crippen molar-refractivity contribution in [3.8, 4) is 0 Å². The predicted octanol–water partition coefficient (Wildman–Crippen LogP) is 3.22. The summed E-state index contributed by atoms with van der Waals surface area (Å²) in [5, 5.41) is 1.09. The molecule has 1 aromatic heterocycles. The summed E-state index contributed by atoms with van der Waals surface area (Å²) in [6.07, 6.45) is 1.52. The topological polar surface area (TPSA) is 84.0 Å². The number of pyridine rings is 1. The van der Waals surface area contributed by atoms with Gasteiger partial charge in [-0.1, -0.05) is 18.2 Å². The molecule has 152 valence electrons. The number of carbonyl (C=O) groups excluding carboxylic acids is 1. The zero-order valence-electron chi connectivity index (χ0n) is 16.6. The maximum Gasteiger partial charge on any atom is 0.410 e. The van der Waals surface area contributed by atoms with Crippen LogP contribution >= 0.6 is 24.0 Å². The van der Waals surface area contributed by atoms with Gasteiger partial charge >= 0.3 is 6.09 Å². The second-order valence-electron chi connectivity index (χ2n) is 7.62. The first-order valence-electron chi connectivity index (χ1n) is 9.19. The lowest BCUT2D eigenvalue weighted by molar-refractivity contribution is 0.0186. The maximum absolute atomic E-state index is 12.1. The molecule has 0 bridgehead atoms. The van der Waals surface area contributed by atoms with E-state index in [2.05, 4.69) is 9.98 Å². The highest BCUT2D eigenvalue weighted by Gasteiger charge is 2.26. The van der Waals surface area contributed by atoms with Gasteiger partial charge in [-0.3, -0.25) is 4.98 Å². The summed E-state index contributed by atoms with van der Waals surface area (Å²) in [5.41, 5.74) is 7.75. The molecule has 0 aliphatic carbocycles. The number of halogens is 1. The Labute approximate surface area is 183 Å². The standard InChI is InChI=1S/C20H27N5O2.HI/c1-20(2,3)27-19(26)25-12-10-24(11-13-25)18(21)23-14-15-8-9-22-17-7-5-4-6-16(15)17;/h4-9H,10-14H2,1-3H3,(H2,21,23);1H. The van der Waals surface area contributed by atoms with Gasteiger partial charge in [-0.15, -0.1) is 24.0 Å². The Bertz CT molecular complexity index is 837. The number of fused-ring (bicyclic) bond motifs is 1. The van der Waals surface area contributed by atoms with Crippen LogP contribution in [0.2, 0.25) is 0 Å². The van der Waals surface area contributed by atoms with Gasteiger partial charge in [0.25, 0.3) is 0 Å². The SMILES string of the molecule is CC(C)(C)OC(=O)N1CCN(C(N)=NCc2ccnc3ccccc23)CC1.I. The Morgan fingerprint density at radius 1 is 1.14 bits per heavy atom. The van der Waals surface area contributed by atoms with Crippen molar-refractivity contribution in [1.29, 1.82) is 0 Å². The predicted molar refractivity (Wildman–Crippen MR) is 122 cm³/mol. The summed E-state index contributed by atoms with van der Waals surface area (Å²) in [6, 6.07) is 9.97. The molecule has 3 rings (SSSR count). The van der Waals surface area contributed by atoms with Crippen LogP contribution in [0.5, 0.6) is 0 Å². The fourth-order valence-electron chi connectivity index (χ4n) is 3.00. The lowest BCUT2D eigenvalue weighted by Gasteiger charge is -2.36. The minimum Gasteiger partial charge on any atom is -0.444 e. The zero-order chi connectivity index (χ0) is 19.4. The Morgan fingerprint density at radius 2 is 1.79 bits per heavy atom. The fraction of sp³-hybridized carbons (Fsp3) is 0.450. The minimum atomic E-state index is -0.484. The largest absolute Gasteiger partial charge is 0.444 e. The van der Waals surface area contributed by atoms with Crippen molar-refractivity contribution in [2.75, 3.05) is 26.2 Å². The first-order valence-corrected chi connectivity index (χ1v) is 9.19. The highest BCUT2D eigenvalue weighted by atomic mass is 127. The van der Waals surface area contributed by atoms with E-state index in [4.69, 9.17) is 10.5 Å². The molecule has 0 saturated carbocycles. The van der Waals surface area contributed by atoms with Gasteiger partial charge in [0, 0.05) is 37.8 Å². The van der Waals surface area contributed by atoms with E-state index < -0.39 is 5.60 Å². The number of amides is 1. The molecule has 0 unspecified atom stereocenters. The summed E-state index contributed by atoms with van der Waals surface area (Å²) in [7, 11) is 0. The van der Waals surface area contributed by atoms with Gasteiger partial charge < -0.3 is 20.3 Å². The number of para-hydroxylation sites is 1. The second-order valence-corrected chi connectivity index (χ2v) is 7.62. The molecule has 2 aromatic rings. The smallest absolute Gasteiger partial charge is 0.410 e. The van der Waals surface area contributed by atoms with Crippen LogP contribution in [0, 0.1) is 0 Å². The van der Waals surface area contributed by atoms with Crippen molar-refractivity contribution < 1.29 is 9.53 Å². The molecule has 8 heteroatoms. The fourth-order valence-corrected chi connectivity index (χ4v) is 3.00. The summed E-state index contributed by atoms with van der Waals surface area (Å²) in [5.74, 6) is 0.500. The number of aromatic nitrogens is 1. The van der Waals surface area contributed by atoms with Crippen LogP contribution in [0.3, 0.4) is 0 Å². The van der Waals surface area contributed by atoms with Gasteiger partial charge in [0.15, 0.2) is 5.96 Å². The Balaban J connectivity index is 0.00000280. The molecule has 0 atom stereocenters. The van der Waals surface area contributed by atoms with Crippen molar-refractivity contribution >= 4 is 46.9 Å². The molecule has 2 heterocycles.